The molecule has 0 N–H and O–H groups in total. The molecule has 0 radical (unpaired) electrons. The molecule has 1 atom stereocenters. The zero-order valence-corrected chi connectivity index (χ0v) is 9.92. The maximum atomic E-state index is 11.5. The van der Waals surface area contributed by atoms with E-state index in [1.54, 1.807) is 12.1 Å². The molecule has 3 rings (SSSR count). The number of carbonyl (C=O) groups is 1. The Kier molecular flexibility index (Phi) is 2.52. The predicted molar refractivity (Wildman–Crippen MR) is 66.8 cm³/mol. The van der Waals surface area contributed by atoms with Gasteiger partial charge < -0.3 is 9.47 Å². The van der Waals surface area contributed by atoms with E-state index >= 15 is 0 Å². The zero-order valence-electron chi connectivity index (χ0n) is 9.92. The number of esters is 1. The Balaban J connectivity index is 1.92. The smallest absolute Gasteiger partial charge is 0.339 e. The van der Waals surface area contributed by atoms with Crippen LogP contribution in [0.25, 0.3) is 0 Å². The summed E-state index contributed by atoms with van der Waals surface area (Å²) in [7, 11) is 0. The van der Waals surface area contributed by atoms with Gasteiger partial charge in [-0.05, 0) is 37.3 Å². The minimum absolute atomic E-state index is 0.202. The maximum Gasteiger partial charge on any atom is 0.339 e. The predicted octanol–water partition coefficient (Wildman–Crippen LogP) is 3.71. The number of cyclic esters (lactones) is 1. The Hall–Kier alpha value is -2.29. The average molecular weight is 240 g/mol. The molecule has 0 aromatic heterocycles. The van der Waals surface area contributed by atoms with E-state index in [-0.39, 0.29) is 12.1 Å². The molecule has 0 saturated heterocycles. The lowest BCUT2D eigenvalue weighted by atomic mass is 10.1. The van der Waals surface area contributed by atoms with Crippen molar-refractivity contribution in [2.75, 3.05) is 0 Å². The molecule has 1 unspecified atom stereocenters. The second-order valence-corrected chi connectivity index (χ2v) is 4.21. The van der Waals surface area contributed by atoms with E-state index in [0.717, 1.165) is 11.3 Å². The SMILES string of the molecule is CC1OC(=O)c2ccc(Oc3ccccc3)cc21. The lowest BCUT2D eigenvalue weighted by Gasteiger charge is -2.07. The average Bonchev–Trinajstić information content (AvgIpc) is 2.66. The fourth-order valence-electron chi connectivity index (χ4n) is 2.04. The maximum absolute atomic E-state index is 11.5. The summed E-state index contributed by atoms with van der Waals surface area (Å²) in [6, 6.07) is 14.9. The van der Waals surface area contributed by atoms with Gasteiger partial charge >= 0.3 is 5.97 Å². The van der Waals surface area contributed by atoms with Gasteiger partial charge in [-0.15, -0.1) is 0 Å². The summed E-state index contributed by atoms with van der Waals surface area (Å²) in [5.41, 5.74) is 1.51. The highest BCUT2D eigenvalue weighted by Gasteiger charge is 2.27. The van der Waals surface area contributed by atoms with E-state index in [9.17, 15) is 4.79 Å². The van der Waals surface area contributed by atoms with Gasteiger partial charge in [0.2, 0.25) is 0 Å². The number of hydrogen-bond donors (Lipinski definition) is 0. The van der Waals surface area contributed by atoms with E-state index in [2.05, 4.69) is 0 Å². The van der Waals surface area contributed by atoms with Crippen LogP contribution >= 0.6 is 0 Å². The van der Waals surface area contributed by atoms with Gasteiger partial charge in [0, 0.05) is 5.56 Å². The summed E-state index contributed by atoms with van der Waals surface area (Å²) in [5, 5.41) is 0. The first-order valence-electron chi connectivity index (χ1n) is 5.82. The van der Waals surface area contributed by atoms with Crippen molar-refractivity contribution in [2.24, 2.45) is 0 Å². The van der Waals surface area contributed by atoms with Crippen molar-refractivity contribution in [1.82, 2.24) is 0 Å². The van der Waals surface area contributed by atoms with Crippen molar-refractivity contribution in [1.29, 1.82) is 0 Å². The van der Waals surface area contributed by atoms with E-state index in [1.165, 1.54) is 0 Å². The largest absolute Gasteiger partial charge is 0.457 e. The van der Waals surface area contributed by atoms with Crippen molar-refractivity contribution < 1.29 is 14.3 Å². The van der Waals surface area contributed by atoms with E-state index in [0.29, 0.717) is 11.3 Å². The van der Waals surface area contributed by atoms with Crippen molar-refractivity contribution in [3.05, 3.63) is 59.7 Å². The van der Waals surface area contributed by atoms with Gasteiger partial charge in [0.25, 0.3) is 0 Å². The van der Waals surface area contributed by atoms with Crippen LogP contribution in [0.4, 0.5) is 0 Å². The number of ether oxygens (including phenoxy) is 2. The van der Waals surface area contributed by atoms with Gasteiger partial charge in [0.1, 0.15) is 17.6 Å². The Morgan fingerprint density at radius 1 is 1.06 bits per heavy atom. The number of hydrogen-bond acceptors (Lipinski definition) is 3. The van der Waals surface area contributed by atoms with Gasteiger partial charge in [-0.3, -0.25) is 0 Å². The first kappa shape index (κ1) is 10.8. The van der Waals surface area contributed by atoms with Crippen molar-refractivity contribution in [3.8, 4) is 11.5 Å². The fourth-order valence-corrected chi connectivity index (χ4v) is 2.04. The van der Waals surface area contributed by atoms with Crippen molar-refractivity contribution in [2.45, 2.75) is 13.0 Å². The van der Waals surface area contributed by atoms with Gasteiger partial charge in [0.15, 0.2) is 0 Å². The minimum atomic E-state index is -0.260. The molecule has 18 heavy (non-hydrogen) atoms. The number of benzene rings is 2. The summed E-state index contributed by atoms with van der Waals surface area (Å²) < 4.78 is 10.9. The van der Waals surface area contributed by atoms with Crippen LogP contribution in [0.1, 0.15) is 28.9 Å². The van der Waals surface area contributed by atoms with Gasteiger partial charge in [-0.2, -0.15) is 0 Å². The van der Waals surface area contributed by atoms with Crippen molar-refractivity contribution in [3.63, 3.8) is 0 Å². The normalized spacial score (nSPS) is 17.2. The van der Waals surface area contributed by atoms with Crippen LogP contribution in [0.2, 0.25) is 0 Å². The molecule has 1 aliphatic rings. The monoisotopic (exact) mass is 240 g/mol. The van der Waals surface area contributed by atoms with Crippen LogP contribution < -0.4 is 4.74 Å². The van der Waals surface area contributed by atoms with Crippen LogP contribution in [0.3, 0.4) is 0 Å². The van der Waals surface area contributed by atoms with E-state index in [1.807, 2.05) is 43.3 Å². The highest BCUT2D eigenvalue weighted by molar-refractivity contribution is 5.94. The van der Waals surface area contributed by atoms with Gasteiger partial charge in [-0.1, -0.05) is 18.2 Å². The molecule has 0 saturated carbocycles. The summed E-state index contributed by atoms with van der Waals surface area (Å²) in [5.74, 6) is 1.23. The lowest BCUT2D eigenvalue weighted by Crippen LogP contribution is -1.93. The molecule has 3 nitrogen and oxygen atoms in total. The van der Waals surface area contributed by atoms with Crippen LogP contribution in [0, 0.1) is 0 Å². The number of rotatable bonds is 2. The van der Waals surface area contributed by atoms with Gasteiger partial charge in [-0.25, -0.2) is 4.79 Å². The molecule has 90 valence electrons. The molecule has 3 heteroatoms. The molecule has 0 bridgehead atoms. The third-order valence-electron chi connectivity index (χ3n) is 2.94. The molecule has 1 heterocycles. The molecule has 0 amide bonds. The molecule has 0 fully saturated rings. The summed E-state index contributed by atoms with van der Waals surface area (Å²) in [4.78, 5) is 11.5. The minimum Gasteiger partial charge on any atom is -0.457 e. The summed E-state index contributed by atoms with van der Waals surface area (Å²) in [6.07, 6.45) is -0.202. The fraction of sp³-hybridized carbons (Fsp3) is 0.133. The topological polar surface area (TPSA) is 35.5 Å². The van der Waals surface area contributed by atoms with Crippen LogP contribution in [-0.2, 0) is 4.74 Å². The number of carbonyl (C=O) groups excluding carboxylic acids is 1. The van der Waals surface area contributed by atoms with Crippen molar-refractivity contribution >= 4 is 5.97 Å². The lowest BCUT2D eigenvalue weighted by molar-refractivity contribution is 0.0421. The zero-order chi connectivity index (χ0) is 12.5. The van der Waals surface area contributed by atoms with E-state index < -0.39 is 0 Å². The second kappa shape index (κ2) is 4.18. The molecule has 0 aliphatic carbocycles. The third kappa shape index (κ3) is 1.84. The summed E-state index contributed by atoms with van der Waals surface area (Å²) in [6.45, 7) is 1.86. The first-order chi connectivity index (χ1) is 8.74. The molecular weight excluding hydrogens is 228 g/mol. The highest BCUT2D eigenvalue weighted by atomic mass is 16.5. The molecule has 1 aliphatic heterocycles. The van der Waals surface area contributed by atoms with E-state index in [4.69, 9.17) is 9.47 Å². The Morgan fingerprint density at radius 2 is 1.83 bits per heavy atom. The van der Waals surface area contributed by atoms with Gasteiger partial charge in [0.05, 0.1) is 5.56 Å². The summed E-state index contributed by atoms with van der Waals surface area (Å²) >= 11 is 0. The third-order valence-corrected chi connectivity index (χ3v) is 2.94. The van der Waals surface area contributed by atoms with Crippen LogP contribution in [-0.4, -0.2) is 5.97 Å². The second-order valence-electron chi connectivity index (χ2n) is 4.21. The Bertz CT molecular complexity index is 590. The Labute approximate surface area is 105 Å². The molecular formula is C15H12O3. The highest BCUT2D eigenvalue weighted by Crippen LogP contribution is 2.34. The number of fused-ring (bicyclic) bond motifs is 1. The molecule has 0 spiro atoms. The molecule has 2 aromatic rings. The Morgan fingerprint density at radius 3 is 2.61 bits per heavy atom. The van der Waals surface area contributed by atoms with Crippen LogP contribution in [0.5, 0.6) is 11.5 Å². The first-order valence-corrected chi connectivity index (χ1v) is 5.82. The van der Waals surface area contributed by atoms with Crippen LogP contribution in [0.15, 0.2) is 48.5 Å². The quantitative estimate of drug-likeness (QED) is 0.750. The number of para-hydroxylation sites is 1. The molecule has 2 aromatic carbocycles. The standard InChI is InChI=1S/C15H12O3/c1-10-14-9-12(7-8-13(14)15(16)17-10)18-11-5-3-2-4-6-11/h2-10H,1H3.